The Kier molecular flexibility index (Phi) is 7.31. The number of carbonyl (C=O) groups is 3. The number of amides is 3. The Morgan fingerprint density at radius 2 is 1.87 bits per heavy atom. The van der Waals surface area contributed by atoms with Crippen LogP contribution < -0.4 is 10.6 Å². The number of aliphatic hydroxyl groups excluding tert-OH is 1. The number of hydrogen-bond acceptors (Lipinski definition) is 5. The van der Waals surface area contributed by atoms with Crippen LogP contribution >= 0.6 is 11.8 Å². The summed E-state index contributed by atoms with van der Waals surface area (Å²) in [5.74, 6) is -1.25. The van der Waals surface area contributed by atoms with Crippen LogP contribution in [0.4, 0.5) is 10.5 Å². The van der Waals surface area contributed by atoms with Gasteiger partial charge >= 0.3 is 12.0 Å². The van der Waals surface area contributed by atoms with Crippen molar-refractivity contribution in [1.82, 2.24) is 10.2 Å². The number of carbonyl (C=O) groups excluding carboxylic acids is 2. The zero-order chi connectivity index (χ0) is 21.5. The standard InChI is InChI=1S/C21H23N3O5S/c25-10-9-14-5-4-8-16(11-14)23-21(29)22-12-18(26)24-17(20(27)28)13-30-19(24)15-6-2-1-3-7-15/h1-8,11,17,19,25H,9-10,12-13H2,(H,27,28)(H2,22,23,29)/t17-,19+/m0/s1. The fourth-order valence-electron chi connectivity index (χ4n) is 3.23. The third kappa shape index (κ3) is 5.31. The van der Waals surface area contributed by atoms with Crippen LogP contribution in [0.2, 0.25) is 0 Å². The van der Waals surface area contributed by atoms with E-state index in [1.807, 2.05) is 36.4 Å². The molecule has 30 heavy (non-hydrogen) atoms. The van der Waals surface area contributed by atoms with Crippen molar-refractivity contribution in [2.45, 2.75) is 17.8 Å². The third-order valence-corrected chi connectivity index (χ3v) is 5.97. The van der Waals surface area contributed by atoms with Crippen LogP contribution in [0.25, 0.3) is 0 Å². The van der Waals surface area contributed by atoms with Gasteiger partial charge < -0.3 is 25.7 Å². The molecule has 0 bridgehead atoms. The molecule has 1 heterocycles. The van der Waals surface area contributed by atoms with Gasteiger partial charge in [0.2, 0.25) is 5.91 Å². The summed E-state index contributed by atoms with van der Waals surface area (Å²) < 4.78 is 0. The number of urea groups is 1. The Hall–Kier alpha value is -3.04. The van der Waals surface area contributed by atoms with Gasteiger partial charge in [0.1, 0.15) is 11.4 Å². The normalized spacial score (nSPS) is 18.1. The lowest BCUT2D eigenvalue weighted by Crippen LogP contribution is -2.47. The third-order valence-electron chi connectivity index (χ3n) is 4.64. The van der Waals surface area contributed by atoms with Gasteiger partial charge in [-0.3, -0.25) is 4.79 Å². The second-order valence-corrected chi connectivity index (χ2v) is 7.85. The molecule has 2 atom stereocenters. The first-order valence-electron chi connectivity index (χ1n) is 9.44. The van der Waals surface area contributed by atoms with Gasteiger partial charge in [-0.25, -0.2) is 9.59 Å². The fourth-order valence-corrected chi connectivity index (χ4v) is 4.67. The minimum atomic E-state index is -1.07. The average Bonchev–Trinajstić information content (AvgIpc) is 3.19. The van der Waals surface area contributed by atoms with E-state index in [9.17, 15) is 19.5 Å². The number of anilines is 1. The Morgan fingerprint density at radius 1 is 1.10 bits per heavy atom. The number of nitrogens with one attached hydrogen (secondary N) is 2. The smallest absolute Gasteiger partial charge is 0.327 e. The Labute approximate surface area is 178 Å². The predicted octanol–water partition coefficient (Wildman–Crippen LogP) is 2.07. The van der Waals surface area contributed by atoms with E-state index in [1.165, 1.54) is 16.7 Å². The molecule has 0 aromatic heterocycles. The number of rotatable bonds is 7. The van der Waals surface area contributed by atoms with Crippen molar-refractivity contribution >= 4 is 35.4 Å². The zero-order valence-corrected chi connectivity index (χ0v) is 17.0. The maximum absolute atomic E-state index is 12.8. The summed E-state index contributed by atoms with van der Waals surface area (Å²) in [4.78, 5) is 38.0. The highest BCUT2D eigenvalue weighted by molar-refractivity contribution is 7.99. The number of nitrogens with zero attached hydrogens (tertiary/aromatic N) is 1. The van der Waals surface area contributed by atoms with Gasteiger partial charge in [0, 0.05) is 18.0 Å². The minimum Gasteiger partial charge on any atom is -0.480 e. The molecule has 0 spiro atoms. The maximum Gasteiger partial charge on any atom is 0.327 e. The van der Waals surface area contributed by atoms with Crippen LogP contribution in [0.3, 0.4) is 0 Å². The van der Waals surface area contributed by atoms with Gasteiger partial charge in [-0.05, 0) is 29.7 Å². The van der Waals surface area contributed by atoms with Crippen LogP contribution in [0.5, 0.6) is 0 Å². The van der Waals surface area contributed by atoms with E-state index in [2.05, 4.69) is 10.6 Å². The van der Waals surface area contributed by atoms with Crippen molar-refractivity contribution in [3.8, 4) is 0 Å². The molecule has 0 aliphatic carbocycles. The molecule has 3 rings (SSSR count). The molecule has 4 N–H and O–H groups in total. The van der Waals surface area contributed by atoms with E-state index in [1.54, 1.807) is 18.2 Å². The quantitative estimate of drug-likeness (QED) is 0.535. The number of aliphatic carboxylic acids is 1. The summed E-state index contributed by atoms with van der Waals surface area (Å²) >= 11 is 1.39. The molecule has 2 aromatic carbocycles. The van der Waals surface area contributed by atoms with E-state index in [-0.39, 0.29) is 18.9 Å². The molecule has 1 aliphatic heterocycles. The lowest BCUT2D eigenvalue weighted by molar-refractivity contribution is -0.148. The van der Waals surface area contributed by atoms with Crippen LogP contribution in [0.1, 0.15) is 16.5 Å². The summed E-state index contributed by atoms with van der Waals surface area (Å²) in [5.41, 5.74) is 2.24. The van der Waals surface area contributed by atoms with Crippen LogP contribution in [0, 0.1) is 0 Å². The molecule has 0 saturated carbocycles. The molecule has 9 heteroatoms. The highest BCUT2D eigenvalue weighted by Crippen LogP contribution is 2.41. The topological polar surface area (TPSA) is 119 Å². The number of hydrogen-bond donors (Lipinski definition) is 4. The SMILES string of the molecule is O=C(NCC(=O)N1[C@@H](c2ccccc2)SC[C@H]1C(=O)O)Nc1cccc(CCO)c1. The Balaban J connectivity index is 1.63. The summed E-state index contributed by atoms with van der Waals surface area (Å²) in [7, 11) is 0. The summed E-state index contributed by atoms with van der Waals surface area (Å²) in [6.45, 7) is -0.318. The van der Waals surface area contributed by atoms with Gasteiger partial charge in [-0.15, -0.1) is 11.8 Å². The summed E-state index contributed by atoms with van der Waals surface area (Å²) in [6, 6.07) is 14.7. The number of carboxylic acids is 1. The summed E-state index contributed by atoms with van der Waals surface area (Å²) in [5, 5.41) is 23.3. The number of carboxylic acid groups (broad SMARTS) is 1. The predicted molar refractivity (Wildman–Crippen MR) is 114 cm³/mol. The molecule has 158 valence electrons. The van der Waals surface area contributed by atoms with Gasteiger partial charge in [0.15, 0.2) is 0 Å². The number of benzene rings is 2. The van der Waals surface area contributed by atoms with Crippen LogP contribution in [0.15, 0.2) is 54.6 Å². The van der Waals surface area contributed by atoms with Gasteiger partial charge in [0.25, 0.3) is 0 Å². The van der Waals surface area contributed by atoms with Crippen molar-refractivity contribution < 1.29 is 24.6 Å². The average molecular weight is 429 g/mol. The van der Waals surface area contributed by atoms with Crippen molar-refractivity contribution in [2.75, 3.05) is 24.2 Å². The lowest BCUT2D eigenvalue weighted by Gasteiger charge is -2.27. The number of thioether (sulfide) groups is 1. The van der Waals surface area contributed by atoms with E-state index in [0.717, 1.165) is 11.1 Å². The Morgan fingerprint density at radius 3 is 2.57 bits per heavy atom. The zero-order valence-electron chi connectivity index (χ0n) is 16.2. The highest BCUT2D eigenvalue weighted by atomic mass is 32.2. The van der Waals surface area contributed by atoms with Crippen molar-refractivity contribution in [1.29, 1.82) is 0 Å². The largest absolute Gasteiger partial charge is 0.480 e. The van der Waals surface area contributed by atoms with E-state index in [0.29, 0.717) is 12.1 Å². The van der Waals surface area contributed by atoms with Crippen molar-refractivity contribution in [3.63, 3.8) is 0 Å². The molecule has 3 amide bonds. The van der Waals surface area contributed by atoms with Crippen molar-refractivity contribution in [2.24, 2.45) is 0 Å². The van der Waals surface area contributed by atoms with E-state index >= 15 is 0 Å². The molecule has 0 radical (unpaired) electrons. The molecule has 8 nitrogen and oxygen atoms in total. The maximum atomic E-state index is 12.8. The van der Waals surface area contributed by atoms with Gasteiger partial charge in [-0.1, -0.05) is 42.5 Å². The molecule has 2 aromatic rings. The minimum absolute atomic E-state index is 0.00528. The molecule has 1 aliphatic rings. The number of aliphatic hydroxyl groups is 1. The Bertz CT molecular complexity index is 909. The second-order valence-electron chi connectivity index (χ2n) is 6.73. The van der Waals surface area contributed by atoms with E-state index < -0.39 is 29.3 Å². The van der Waals surface area contributed by atoms with Crippen LogP contribution in [-0.2, 0) is 16.0 Å². The first-order chi connectivity index (χ1) is 14.5. The molecule has 1 fully saturated rings. The fraction of sp³-hybridized carbons (Fsp3) is 0.286. The first-order valence-corrected chi connectivity index (χ1v) is 10.5. The summed E-state index contributed by atoms with van der Waals surface area (Å²) in [6.07, 6.45) is 0.472. The molecule has 0 unspecified atom stereocenters. The molecular weight excluding hydrogens is 406 g/mol. The second kappa shape index (κ2) is 10.1. The first kappa shape index (κ1) is 21.7. The monoisotopic (exact) mass is 429 g/mol. The lowest BCUT2D eigenvalue weighted by atomic mass is 10.1. The molecule has 1 saturated heterocycles. The van der Waals surface area contributed by atoms with Crippen molar-refractivity contribution in [3.05, 3.63) is 65.7 Å². The van der Waals surface area contributed by atoms with Crippen LogP contribution in [-0.4, -0.2) is 58.0 Å². The van der Waals surface area contributed by atoms with Gasteiger partial charge in [-0.2, -0.15) is 0 Å². The van der Waals surface area contributed by atoms with E-state index in [4.69, 9.17) is 5.11 Å². The van der Waals surface area contributed by atoms with Gasteiger partial charge in [0.05, 0.1) is 6.54 Å². The highest BCUT2D eigenvalue weighted by Gasteiger charge is 2.42. The molecular formula is C21H23N3O5S.